The summed E-state index contributed by atoms with van der Waals surface area (Å²) in [5.74, 6) is 0.177. The molecule has 5 heteroatoms. The van der Waals surface area contributed by atoms with Crippen molar-refractivity contribution in [1.82, 2.24) is 0 Å². The minimum absolute atomic E-state index is 0.230. The van der Waals surface area contributed by atoms with Crippen molar-refractivity contribution in [3.63, 3.8) is 0 Å². The molecule has 0 atom stereocenters. The largest absolute Gasteiger partial charge is 0.493 e. The van der Waals surface area contributed by atoms with Gasteiger partial charge in [0.15, 0.2) is 11.5 Å². The summed E-state index contributed by atoms with van der Waals surface area (Å²) in [6.45, 7) is 0. The summed E-state index contributed by atoms with van der Waals surface area (Å²) in [7, 11) is 1.52. The summed E-state index contributed by atoms with van der Waals surface area (Å²) in [5, 5.41) is 0.678. The molecule has 3 rings (SSSR count). The molecule has 0 N–H and O–H groups in total. The lowest BCUT2D eigenvalue weighted by molar-refractivity contribution is 0.0730. The summed E-state index contributed by atoms with van der Waals surface area (Å²) in [6.07, 6.45) is 3.95. The maximum absolute atomic E-state index is 12.4. The van der Waals surface area contributed by atoms with Gasteiger partial charge >= 0.3 is 5.97 Å². The van der Waals surface area contributed by atoms with E-state index in [0.717, 1.165) is 11.1 Å². The van der Waals surface area contributed by atoms with E-state index in [1.165, 1.54) is 19.2 Å². The van der Waals surface area contributed by atoms with Crippen molar-refractivity contribution < 1.29 is 14.3 Å². The van der Waals surface area contributed by atoms with Crippen molar-refractivity contribution >= 4 is 41.3 Å². The Labute approximate surface area is 167 Å². The monoisotopic (exact) mass is 398 g/mol. The summed E-state index contributed by atoms with van der Waals surface area (Å²) in [4.78, 5) is 12.4. The molecule has 0 unspecified atom stereocenters. The van der Waals surface area contributed by atoms with Crippen LogP contribution in [0.4, 0.5) is 0 Å². The van der Waals surface area contributed by atoms with Gasteiger partial charge in [0.05, 0.1) is 17.7 Å². The highest BCUT2D eigenvalue weighted by Crippen LogP contribution is 2.30. The number of ether oxygens (including phenoxy) is 2. The van der Waals surface area contributed by atoms with Crippen LogP contribution in [0, 0.1) is 0 Å². The van der Waals surface area contributed by atoms with E-state index in [0.29, 0.717) is 16.5 Å². The van der Waals surface area contributed by atoms with Gasteiger partial charge in [-0.3, -0.25) is 0 Å². The van der Waals surface area contributed by atoms with E-state index in [-0.39, 0.29) is 10.6 Å². The molecular formula is C22H16Cl2O3. The fourth-order valence-corrected chi connectivity index (χ4v) is 2.92. The van der Waals surface area contributed by atoms with Gasteiger partial charge in [-0.2, -0.15) is 0 Å². The van der Waals surface area contributed by atoms with Gasteiger partial charge < -0.3 is 9.47 Å². The Kier molecular flexibility index (Phi) is 6.17. The SMILES string of the molecule is COc1cc(C=Cc2ccccc2)ccc1OC(=O)c1ccc(Cl)cc1Cl. The zero-order valence-corrected chi connectivity index (χ0v) is 16.0. The number of methoxy groups -OCH3 is 1. The average Bonchev–Trinajstić information content (AvgIpc) is 2.67. The standard InChI is InChI=1S/C22H16Cl2O3/c1-26-21-13-16(8-7-15-5-3-2-4-6-15)9-12-20(21)27-22(25)18-11-10-17(23)14-19(18)24/h2-14H,1H3. The molecule has 0 saturated carbocycles. The van der Waals surface area contributed by atoms with Gasteiger partial charge in [-0.1, -0.05) is 71.8 Å². The molecule has 0 spiro atoms. The highest BCUT2D eigenvalue weighted by molar-refractivity contribution is 6.36. The molecule has 0 bridgehead atoms. The van der Waals surface area contributed by atoms with Crippen LogP contribution in [0.15, 0.2) is 66.7 Å². The fraction of sp³-hybridized carbons (Fsp3) is 0.0455. The van der Waals surface area contributed by atoms with Crippen LogP contribution in [0.2, 0.25) is 10.0 Å². The molecule has 136 valence electrons. The highest BCUT2D eigenvalue weighted by Gasteiger charge is 2.16. The van der Waals surface area contributed by atoms with Crippen molar-refractivity contribution in [1.29, 1.82) is 0 Å². The average molecular weight is 399 g/mol. The fourth-order valence-electron chi connectivity index (χ4n) is 2.44. The van der Waals surface area contributed by atoms with Gasteiger partial charge in [-0.25, -0.2) is 4.79 Å². The predicted molar refractivity (Wildman–Crippen MR) is 110 cm³/mol. The van der Waals surface area contributed by atoms with Gasteiger partial charge in [0.1, 0.15) is 0 Å². The predicted octanol–water partition coefficient (Wildman–Crippen LogP) is 6.39. The molecule has 3 aromatic rings. The molecule has 0 saturated heterocycles. The zero-order chi connectivity index (χ0) is 19.2. The molecule has 27 heavy (non-hydrogen) atoms. The lowest BCUT2D eigenvalue weighted by Crippen LogP contribution is -2.10. The normalized spacial score (nSPS) is 10.8. The number of carbonyl (C=O) groups is 1. The minimum atomic E-state index is -0.581. The van der Waals surface area contributed by atoms with Crippen molar-refractivity contribution in [2.75, 3.05) is 7.11 Å². The number of rotatable bonds is 5. The Morgan fingerprint density at radius 3 is 2.30 bits per heavy atom. The van der Waals surface area contributed by atoms with Gasteiger partial charge in [-0.05, 0) is 41.5 Å². The maximum Gasteiger partial charge on any atom is 0.345 e. The van der Waals surface area contributed by atoms with E-state index in [2.05, 4.69) is 0 Å². The molecule has 3 nitrogen and oxygen atoms in total. The lowest BCUT2D eigenvalue weighted by Gasteiger charge is -2.11. The van der Waals surface area contributed by atoms with Crippen LogP contribution in [-0.2, 0) is 0 Å². The smallest absolute Gasteiger partial charge is 0.345 e. The Morgan fingerprint density at radius 1 is 0.852 bits per heavy atom. The molecule has 3 aromatic carbocycles. The Hall–Kier alpha value is -2.75. The number of hydrogen-bond donors (Lipinski definition) is 0. The molecule has 0 heterocycles. The van der Waals surface area contributed by atoms with E-state index in [1.807, 2.05) is 48.6 Å². The zero-order valence-electron chi connectivity index (χ0n) is 14.5. The van der Waals surface area contributed by atoms with Crippen LogP contribution in [0.3, 0.4) is 0 Å². The van der Waals surface area contributed by atoms with E-state index in [1.54, 1.807) is 18.2 Å². The van der Waals surface area contributed by atoms with Gasteiger partial charge in [0.25, 0.3) is 0 Å². The van der Waals surface area contributed by atoms with Crippen LogP contribution in [-0.4, -0.2) is 13.1 Å². The quantitative estimate of drug-likeness (QED) is 0.283. The molecule has 0 radical (unpaired) electrons. The lowest BCUT2D eigenvalue weighted by atomic mass is 10.1. The number of benzene rings is 3. The van der Waals surface area contributed by atoms with Gasteiger partial charge in [0, 0.05) is 5.02 Å². The van der Waals surface area contributed by atoms with E-state index in [9.17, 15) is 4.79 Å². The van der Waals surface area contributed by atoms with Crippen molar-refractivity contribution in [2.24, 2.45) is 0 Å². The summed E-state index contributed by atoms with van der Waals surface area (Å²) < 4.78 is 10.8. The molecule has 0 fully saturated rings. The Balaban J connectivity index is 1.80. The van der Waals surface area contributed by atoms with Crippen LogP contribution >= 0.6 is 23.2 Å². The first kappa shape index (κ1) is 19.0. The first-order valence-corrected chi connectivity index (χ1v) is 8.91. The van der Waals surface area contributed by atoms with Gasteiger partial charge in [0.2, 0.25) is 0 Å². The molecule has 0 aliphatic carbocycles. The molecule has 0 aliphatic heterocycles. The van der Waals surface area contributed by atoms with Crippen LogP contribution in [0.25, 0.3) is 12.2 Å². The van der Waals surface area contributed by atoms with E-state index in [4.69, 9.17) is 32.7 Å². The van der Waals surface area contributed by atoms with Crippen LogP contribution in [0.5, 0.6) is 11.5 Å². The second kappa shape index (κ2) is 8.76. The molecule has 0 amide bonds. The minimum Gasteiger partial charge on any atom is -0.493 e. The highest BCUT2D eigenvalue weighted by atomic mass is 35.5. The number of carbonyl (C=O) groups excluding carboxylic acids is 1. The number of esters is 1. The van der Waals surface area contributed by atoms with E-state index >= 15 is 0 Å². The topological polar surface area (TPSA) is 35.5 Å². The number of hydrogen-bond acceptors (Lipinski definition) is 3. The number of halogens is 2. The third kappa shape index (κ3) is 4.91. The molecular weight excluding hydrogens is 383 g/mol. The molecule has 0 aliphatic rings. The molecule has 0 aromatic heterocycles. The maximum atomic E-state index is 12.4. The van der Waals surface area contributed by atoms with Crippen molar-refractivity contribution in [3.05, 3.63) is 93.5 Å². The first-order valence-electron chi connectivity index (χ1n) is 8.15. The Bertz CT molecular complexity index is 982. The third-order valence-electron chi connectivity index (χ3n) is 3.81. The Morgan fingerprint density at radius 2 is 1.59 bits per heavy atom. The van der Waals surface area contributed by atoms with E-state index < -0.39 is 5.97 Å². The second-order valence-electron chi connectivity index (χ2n) is 5.67. The van der Waals surface area contributed by atoms with Crippen molar-refractivity contribution in [2.45, 2.75) is 0 Å². The summed E-state index contributed by atoms with van der Waals surface area (Å²) in [6, 6.07) is 19.9. The third-order valence-corrected chi connectivity index (χ3v) is 4.36. The van der Waals surface area contributed by atoms with Gasteiger partial charge in [-0.15, -0.1) is 0 Å². The second-order valence-corrected chi connectivity index (χ2v) is 6.51. The summed E-state index contributed by atoms with van der Waals surface area (Å²) >= 11 is 11.9. The van der Waals surface area contributed by atoms with Crippen LogP contribution < -0.4 is 9.47 Å². The first-order chi connectivity index (χ1) is 13.1. The van der Waals surface area contributed by atoms with Crippen LogP contribution in [0.1, 0.15) is 21.5 Å². The summed E-state index contributed by atoms with van der Waals surface area (Å²) in [5.41, 5.74) is 2.24. The van der Waals surface area contributed by atoms with Crippen molar-refractivity contribution in [3.8, 4) is 11.5 Å².